The Balaban J connectivity index is 0.00000210. The first-order valence-electron chi connectivity index (χ1n) is 9.36. The minimum Gasteiger partial charge on any atom is -0.357 e. The molecule has 0 aliphatic carbocycles. The number of aliphatic imine (C=N–C) groups is 1. The second-order valence-corrected chi connectivity index (χ2v) is 6.62. The van der Waals surface area contributed by atoms with E-state index in [9.17, 15) is 0 Å². The monoisotopic (exact) mass is 475 g/mol. The normalized spacial score (nSPS) is 14.0. The summed E-state index contributed by atoms with van der Waals surface area (Å²) >= 11 is 0. The maximum absolute atomic E-state index is 4.86. The van der Waals surface area contributed by atoms with Gasteiger partial charge in [0.2, 0.25) is 0 Å². The molecule has 3 aromatic rings. The third kappa shape index (κ3) is 4.61. The maximum atomic E-state index is 4.86. The molecule has 0 atom stereocenters. The number of nitrogens with zero attached hydrogens (tertiary/aromatic N) is 4. The van der Waals surface area contributed by atoms with Gasteiger partial charge in [-0.15, -0.1) is 24.0 Å². The van der Waals surface area contributed by atoms with Crippen molar-refractivity contribution in [3.05, 3.63) is 71.7 Å². The van der Waals surface area contributed by atoms with Crippen molar-refractivity contribution in [2.24, 2.45) is 4.99 Å². The second-order valence-electron chi connectivity index (χ2n) is 6.62. The van der Waals surface area contributed by atoms with Gasteiger partial charge in [-0.1, -0.05) is 30.3 Å². The van der Waals surface area contributed by atoms with Crippen molar-refractivity contribution in [3.63, 3.8) is 0 Å². The lowest BCUT2D eigenvalue weighted by Gasteiger charge is -2.31. The topological polar surface area (TPSA) is 44.9 Å². The van der Waals surface area contributed by atoms with Crippen LogP contribution in [0.25, 0.3) is 5.65 Å². The Morgan fingerprint density at radius 3 is 2.78 bits per heavy atom. The predicted octanol–water partition coefficient (Wildman–Crippen LogP) is 3.52. The van der Waals surface area contributed by atoms with Crippen molar-refractivity contribution >= 4 is 35.6 Å². The van der Waals surface area contributed by atoms with Gasteiger partial charge < -0.3 is 14.6 Å². The smallest absolute Gasteiger partial charge is 0.194 e. The molecule has 142 valence electrons. The van der Waals surface area contributed by atoms with Crippen LogP contribution in [-0.4, -0.2) is 39.9 Å². The summed E-state index contributed by atoms with van der Waals surface area (Å²) in [4.78, 5) is 11.9. The molecule has 4 rings (SSSR count). The van der Waals surface area contributed by atoms with E-state index in [0.717, 1.165) is 56.3 Å². The molecule has 5 nitrogen and oxygen atoms in total. The van der Waals surface area contributed by atoms with E-state index in [1.807, 2.05) is 24.4 Å². The van der Waals surface area contributed by atoms with Gasteiger partial charge in [0.15, 0.2) is 5.96 Å². The minimum atomic E-state index is 0. The average Bonchev–Trinajstić information content (AvgIpc) is 3.10. The number of halogens is 1. The third-order valence-electron chi connectivity index (χ3n) is 4.81. The lowest BCUT2D eigenvalue weighted by atomic mass is 10.0. The number of guanidine groups is 1. The zero-order chi connectivity index (χ0) is 17.8. The Bertz CT molecular complexity index is 885. The third-order valence-corrected chi connectivity index (χ3v) is 4.81. The van der Waals surface area contributed by atoms with Gasteiger partial charge >= 0.3 is 0 Å². The standard InChI is InChI=1S/C21H25N5.HI/c1-2-22-21(26-14-11-17-7-3-4-8-18(17)15-26)23-12-10-19-16-25-13-6-5-9-20(25)24-19;/h3-9,13,16H,2,10-12,14-15H2,1H3,(H,22,23);1H. The number of benzene rings is 1. The molecular formula is C21H26IN5. The first kappa shape index (κ1) is 19.7. The summed E-state index contributed by atoms with van der Waals surface area (Å²) in [5.74, 6) is 1.01. The van der Waals surface area contributed by atoms with E-state index in [1.165, 1.54) is 11.1 Å². The van der Waals surface area contributed by atoms with E-state index >= 15 is 0 Å². The zero-order valence-electron chi connectivity index (χ0n) is 15.6. The minimum absolute atomic E-state index is 0. The lowest BCUT2D eigenvalue weighted by molar-refractivity contribution is 0.379. The number of imidazole rings is 1. The highest BCUT2D eigenvalue weighted by Crippen LogP contribution is 2.18. The summed E-state index contributed by atoms with van der Waals surface area (Å²) in [6, 6.07) is 14.8. The fourth-order valence-electron chi connectivity index (χ4n) is 3.49. The Labute approximate surface area is 177 Å². The Morgan fingerprint density at radius 2 is 1.96 bits per heavy atom. The molecule has 27 heavy (non-hydrogen) atoms. The molecule has 3 heterocycles. The summed E-state index contributed by atoms with van der Waals surface area (Å²) in [5, 5.41) is 3.45. The SMILES string of the molecule is CCNC(=NCCc1cn2ccccc2n1)N1CCc2ccccc2C1.I. The number of aromatic nitrogens is 2. The summed E-state index contributed by atoms with van der Waals surface area (Å²) in [5.41, 5.74) is 4.94. The number of nitrogens with one attached hydrogen (secondary N) is 1. The van der Waals surface area contributed by atoms with Crippen LogP contribution in [0, 0.1) is 0 Å². The maximum Gasteiger partial charge on any atom is 0.194 e. The summed E-state index contributed by atoms with van der Waals surface area (Å²) < 4.78 is 2.06. The molecule has 0 unspecified atom stereocenters. The number of hydrogen-bond acceptors (Lipinski definition) is 2. The Hall–Kier alpha value is -2.09. The van der Waals surface area contributed by atoms with Crippen molar-refractivity contribution in [3.8, 4) is 0 Å². The molecule has 1 aromatic carbocycles. The summed E-state index contributed by atoms with van der Waals surface area (Å²) in [7, 11) is 0. The second kappa shape index (κ2) is 9.21. The van der Waals surface area contributed by atoms with Crippen LogP contribution in [0.3, 0.4) is 0 Å². The molecular weight excluding hydrogens is 449 g/mol. The molecule has 1 aliphatic heterocycles. The first-order valence-corrected chi connectivity index (χ1v) is 9.36. The fraction of sp³-hybridized carbons (Fsp3) is 0.333. The van der Waals surface area contributed by atoms with Crippen LogP contribution in [-0.2, 0) is 19.4 Å². The number of rotatable bonds is 4. The zero-order valence-corrected chi connectivity index (χ0v) is 18.0. The van der Waals surface area contributed by atoms with E-state index in [-0.39, 0.29) is 24.0 Å². The van der Waals surface area contributed by atoms with Gasteiger partial charge in [-0.2, -0.15) is 0 Å². The molecule has 0 amide bonds. The Morgan fingerprint density at radius 1 is 1.15 bits per heavy atom. The van der Waals surface area contributed by atoms with Crippen LogP contribution in [0.4, 0.5) is 0 Å². The van der Waals surface area contributed by atoms with Crippen LogP contribution >= 0.6 is 24.0 Å². The Kier molecular flexibility index (Phi) is 6.71. The van der Waals surface area contributed by atoms with Gasteiger partial charge in [0.25, 0.3) is 0 Å². The molecule has 2 aromatic heterocycles. The number of hydrogen-bond donors (Lipinski definition) is 1. The fourth-order valence-corrected chi connectivity index (χ4v) is 3.49. The van der Waals surface area contributed by atoms with Crippen molar-refractivity contribution in [1.29, 1.82) is 0 Å². The lowest BCUT2D eigenvalue weighted by Crippen LogP contribution is -2.44. The van der Waals surface area contributed by atoms with Crippen LogP contribution in [0.1, 0.15) is 23.7 Å². The van der Waals surface area contributed by atoms with Crippen LogP contribution in [0.15, 0.2) is 59.9 Å². The first-order chi connectivity index (χ1) is 12.8. The molecule has 0 saturated carbocycles. The van der Waals surface area contributed by atoms with E-state index in [1.54, 1.807) is 0 Å². The van der Waals surface area contributed by atoms with Gasteiger partial charge in [-0.25, -0.2) is 4.98 Å². The molecule has 0 saturated heterocycles. The van der Waals surface area contributed by atoms with E-state index in [2.05, 4.69) is 57.0 Å². The van der Waals surface area contributed by atoms with Gasteiger partial charge in [0, 0.05) is 45.0 Å². The number of fused-ring (bicyclic) bond motifs is 2. The molecule has 0 radical (unpaired) electrons. The van der Waals surface area contributed by atoms with E-state index in [0.29, 0.717) is 0 Å². The highest BCUT2D eigenvalue weighted by molar-refractivity contribution is 14.0. The summed E-state index contributed by atoms with van der Waals surface area (Å²) in [6.07, 6.45) is 6.05. The highest BCUT2D eigenvalue weighted by atomic mass is 127. The van der Waals surface area contributed by atoms with E-state index in [4.69, 9.17) is 4.99 Å². The molecule has 1 aliphatic rings. The van der Waals surface area contributed by atoms with Crippen LogP contribution in [0.5, 0.6) is 0 Å². The van der Waals surface area contributed by atoms with Crippen LogP contribution in [0.2, 0.25) is 0 Å². The molecule has 1 N–H and O–H groups in total. The van der Waals surface area contributed by atoms with E-state index < -0.39 is 0 Å². The summed E-state index contributed by atoms with van der Waals surface area (Å²) in [6.45, 7) is 5.68. The van der Waals surface area contributed by atoms with Gasteiger partial charge in [0.1, 0.15) is 5.65 Å². The number of pyridine rings is 1. The van der Waals surface area contributed by atoms with Crippen molar-refractivity contribution in [2.45, 2.75) is 26.3 Å². The average molecular weight is 475 g/mol. The van der Waals surface area contributed by atoms with Gasteiger partial charge in [-0.05, 0) is 36.6 Å². The largest absolute Gasteiger partial charge is 0.357 e. The van der Waals surface area contributed by atoms with Gasteiger partial charge in [0.05, 0.1) is 5.69 Å². The van der Waals surface area contributed by atoms with Gasteiger partial charge in [-0.3, -0.25) is 4.99 Å². The molecule has 0 bridgehead atoms. The molecule has 0 fully saturated rings. The molecule has 6 heteroatoms. The van der Waals surface area contributed by atoms with Crippen molar-refractivity contribution in [1.82, 2.24) is 19.6 Å². The highest BCUT2D eigenvalue weighted by Gasteiger charge is 2.18. The van der Waals surface area contributed by atoms with Crippen LogP contribution < -0.4 is 5.32 Å². The van der Waals surface area contributed by atoms with Crippen molar-refractivity contribution in [2.75, 3.05) is 19.6 Å². The van der Waals surface area contributed by atoms with Crippen molar-refractivity contribution < 1.29 is 0 Å². The quantitative estimate of drug-likeness (QED) is 0.357. The molecule has 0 spiro atoms. The predicted molar refractivity (Wildman–Crippen MR) is 121 cm³/mol.